The first-order valence-corrected chi connectivity index (χ1v) is 4.52. The Morgan fingerprint density at radius 2 is 2.06 bits per heavy atom. The van der Waals surface area contributed by atoms with E-state index in [0.29, 0.717) is 0 Å². The van der Waals surface area contributed by atoms with Crippen LogP contribution in [0.25, 0.3) is 0 Å². The molecule has 0 fully saturated rings. The molecule has 1 aromatic rings. The number of H-pyrrole nitrogens is 1. The van der Waals surface area contributed by atoms with E-state index in [9.17, 15) is 19.5 Å². The quantitative estimate of drug-likeness (QED) is 0.363. The maximum atomic E-state index is 10.3. The zero-order chi connectivity index (χ0) is 13.4. The molecular weight excluding hydrogens is 253 g/mol. The number of imidazole rings is 1. The fraction of sp³-hybridized carbons (Fsp3) is 0.333. The zero-order valence-electron chi connectivity index (χ0n) is 10.0. The summed E-state index contributed by atoms with van der Waals surface area (Å²) in [5.74, 6) is -3.57. The number of nitrogens with zero attached hydrogens (tertiary/aromatic N) is 1. The fourth-order valence-corrected chi connectivity index (χ4v) is 0.721. The first-order chi connectivity index (χ1) is 7.84. The van der Waals surface area contributed by atoms with Gasteiger partial charge in [-0.25, -0.2) is 4.98 Å². The van der Waals surface area contributed by atoms with E-state index >= 15 is 0 Å². The second-order valence-corrected chi connectivity index (χ2v) is 3.07. The number of rotatable bonds is 4. The predicted octanol–water partition coefficient (Wildman–Crippen LogP) is -5.31. The topological polar surface area (TPSA) is 149 Å². The molecule has 0 spiro atoms. The second-order valence-electron chi connectivity index (χ2n) is 3.07. The number of aliphatic carboxylic acids is 2. The van der Waals surface area contributed by atoms with Gasteiger partial charge in [0.1, 0.15) is 12.0 Å². The SMILES string of the molecule is CC(=O)C(=O)[O-].N[C@@H](Cc1cnc[nH]1)C(=O)O.[Na+]. The Morgan fingerprint density at radius 3 is 2.33 bits per heavy atom. The van der Waals surface area contributed by atoms with E-state index in [1.807, 2.05) is 0 Å². The number of carbonyl (C=O) groups is 3. The summed E-state index contributed by atoms with van der Waals surface area (Å²) in [5.41, 5.74) is 6.00. The molecule has 0 aliphatic heterocycles. The van der Waals surface area contributed by atoms with Gasteiger partial charge in [0.2, 0.25) is 0 Å². The third-order valence-electron chi connectivity index (χ3n) is 1.60. The van der Waals surface area contributed by atoms with Crippen LogP contribution in [-0.2, 0) is 20.8 Å². The van der Waals surface area contributed by atoms with Gasteiger partial charge in [0.25, 0.3) is 0 Å². The van der Waals surface area contributed by atoms with Crippen molar-refractivity contribution in [3.8, 4) is 0 Å². The Bertz CT molecular complexity index is 381. The van der Waals surface area contributed by atoms with Crippen LogP contribution in [0.3, 0.4) is 0 Å². The van der Waals surface area contributed by atoms with Crippen LogP contribution in [-0.4, -0.2) is 38.8 Å². The minimum Gasteiger partial charge on any atom is -0.542 e. The summed E-state index contributed by atoms with van der Waals surface area (Å²) >= 11 is 0. The number of carbonyl (C=O) groups excluding carboxylic acids is 2. The average molecular weight is 265 g/mol. The molecule has 0 aliphatic carbocycles. The Labute approximate surface area is 125 Å². The summed E-state index contributed by atoms with van der Waals surface area (Å²) in [4.78, 5) is 35.5. The van der Waals surface area contributed by atoms with E-state index < -0.39 is 23.8 Å². The number of hydrogen-bond donors (Lipinski definition) is 3. The number of nitrogens with two attached hydrogens (primary N) is 1. The smallest absolute Gasteiger partial charge is 0.542 e. The summed E-state index contributed by atoms with van der Waals surface area (Å²) in [6.07, 6.45) is 3.34. The van der Waals surface area contributed by atoms with Crippen molar-refractivity contribution in [3.05, 3.63) is 18.2 Å². The summed E-state index contributed by atoms with van der Waals surface area (Å²) in [5, 5.41) is 17.7. The van der Waals surface area contributed by atoms with E-state index in [2.05, 4.69) is 9.97 Å². The molecule has 18 heavy (non-hydrogen) atoms. The number of aromatic amines is 1. The molecule has 0 unspecified atom stereocenters. The van der Waals surface area contributed by atoms with Crippen LogP contribution in [0.5, 0.6) is 0 Å². The Morgan fingerprint density at radius 1 is 1.56 bits per heavy atom. The van der Waals surface area contributed by atoms with Gasteiger partial charge in [-0.2, -0.15) is 0 Å². The first kappa shape index (κ1) is 19.1. The van der Waals surface area contributed by atoms with Crippen LogP contribution < -0.4 is 40.4 Å². The first-order valence-electron chi connectivity index (χ1n) is 4.52. The summed E-state index contributed by atoms with van der Waals surface area (Å²) in [7, 11) is 0. The van der Waals surface area contributed by atoms with E-state index in [0.717, 1.165) is 12.6 Å². The van der Waals surface area contributed by atoms with Crippen LogP contribution in [0.2, 0.25) is 0 Å². The number of carboxylic acids is 2. The van der Waals surface area contributed by atoms with E-state index in [-0.39, 0.29) is 36.0 Å². The van der Waals surface area contributed by atoms with Crippen molar-refractivity contribution in [2.24, 2.45) is 5.73 Å². The minimum absolute atomic E-state index is 0. The van der Waals surface area contributed by atoms with Gasteiger partial charge in [-0.15, -0.1) is 0 Å². The molecule has 0 bridgehead atoms. The molecule has 4 N–H and O–H groups in total. The maximum Gasteiger partial charge on any atom is 1.00 e. The van der Waals surface area contributed by atoms with Gasteiger partial charge < -0.3 is 25.7 Å². The van der Waals surface area contributed by atoms with E-state index in [1.165, 1.54) is 6.33 Å². The number of nitrogens with one attached hydrogen (secondary N) is 1. The molecule has 0 saturated heterocycles. The van der Waals surface area contributed by atoms with Gasteiger partial charge >= 0.3 is 35.5 Å². The Balaban J connectivity index is 0. The molecule has 0 amide bonds. The molecule has 0 aromatic carbocycles. The van der Waals surface area contributed by atoms with Crippen LogP contribution in [0.15, 0.2) is 12.5 Å². The van der Waals surface area contributed by atoms with Gasteiger partial charge in [-0.05, 0) is 0 Å². The van der Waals surface area contributed by atoms with Gasteiger partial charge in [0.15, 0.2) is 5.78 Å². The second kappa shape index (κ2) is 9.77. The van der Waals surface area contributed by atoms with Crippen molar-refractivity contribution in [2.75, 3.05) is 0 Å². The third-order valence-corrected chi connectivity index (χ3v) is 1.60. The Hall–Kier alpha value is -1.22. The van der Waals surface area contributed by atoms with Crippen molar-refractivity contribution in [3.63, 3.8) is 0 Å². The molecule has 0 saturated carbocycles. The minimum atomic E-state index is -1.63. The predicted molar refractivity (Wildman–Crippen MR) is 53.6 cm³/mol. The molecule has 9 heteroatoms. The number of carboxylic acid groups (broad SMARTS) is 2. The molecular formula is C9H12N3NaO5. The van der Waals surface area contributed by atoms with Gasteiger partial charge in [-0.1, -0.05) is 0 Å². The molecule has 0 radical (unpaired) electrons. The van der Waals surface area contributed by atoms with Crippen LogP contribution >= 0.6 is 0 Å². The van der Waals surface area contributed by atoms with Crippen molar-refractivity contribution >= 4 is 17.7 Å². The standard InChI is InChI=1S/C6H9N3O2.C3H4O3.Na/c7-5(6(10)11)1-4-2-8-3-9-4;1-2(4)3(5)6;/h2-3,5H,1,7H2,(H,8,9)(H,10,11);1H3,(H,5,6);/q;;+1/p-1/t5-;;/m0../s1. The van der Waals surface area contributed by atoms with Crippen molar-refractivity contribution in [2.45, 2.75) is 19.4 Å². The maximum absolute atomic E-state index is 10.3. The van der Waals surface area contributed by atoms with Crippen LogP contribution in [0, 0.1) is 0 Å². The average Bonchev–Trinajstić information content (AvgIpc) is 2.71. The largest absolute Gasteiger partial charge is 1.00 e. The van der Waals surface area contributed by atoms with Crippen molar-refractivity contribution < 1.29 is 54.2 Å². The van der Waals surface area contributed by atoms with E-state index in [4.69, 9.17) is 10.8 Å². The molecule has 8 nitrogen and oxygen atoms in total. The van der Waals surface area contributed by atoms with Gasteiger partial charge in [0.05, 0.1) is 6.33 Å². The Kier molecular flexibility index (Phi) is 10.4. The monoisotopic (exact) mass is 265 g/mol. The number of Topliss-reactive ketones (excluding diaryl/α,β-unsaturated/α-hetero) is 1. The summed E-state index contributed by atoms with van der Waals surface area (Å²) < 4.78 is 0. The number of aromatic nitrogens is 2. The molecule has 1 aromatic heterocycles. The zero-order valence-corrected chi connectivity index (χ0v) is 12.0. The van der Waals surface area contributed by atoms with Crippen LogP contribution in [0.1, 0.15) is 12.6 Å². The number of hydrogen-bond acceptors (Lipinski definition) is 6. The molecule has 1 rings (SSSR count). The number of ketones is 1. The van der Waals surface area contributed by atoms with Gasteiger partial charge in [0, 0.05) is 25.2 Å². The van der Waals surface area contributed by atoms with Gasteiger partial charge in [-0.3, -0.25) is 9.59 Å². The summed E-state index contributed by atoms with van der Waals surface area (Å²) in [6.45, 7) is 0.940. The molecule has 94 valence electrons. The van der Waals surface area contributed by atoms with Crippen molar-refractivity contribution in [1.29, 1.82) is 0 Å². The normalized spacial score (nSPS) is 10.3. The fourth-order valence-electron chi connectivity index (χ4n) is 0.721. The molecule has 0 aliphatic rings. The molecule has 1 heterocycles. The van der Waals surface area contributed by atoms with Crippen LogP contribution in [0.4, 0.5) is 0 Å². The summed E-state index contributed by atoms with van der Waals surface area (Å²) in [6, 6.07) is -0.851. The molecule has 1 atom stereocenters. The third kappa shape index (κ3) is 8.88. The van der Waals surface area contributed by atoms with E-state index in [1.54, 1.807) is 6.20 Å². The van der Waals surface area contributed by atoms with Crippen molar-refractivity contribution in [1.82, 2.24) is 9.97 Å².